The topological polar surface area (TPSA) is 38.7 Å². The molecule has 0 fully saturated rings. The highest BCUT2D eigenvalue weighted by molar-refractivity contribution is 9.10. The Balaban J connectivity index is 2.20. The van der Waals surface area contributed by atoms with Gasteiger partial charge in [0.25, 0.3) is 0 Å². The van der Waals surface area contributed by atoms with Gasteiger partial charge in [0.2, 0.25) is 0 Å². The number of aliphatic hydroxyl groups is 1. The van der Waals surface area contributed by atoms with E-state index in [4.69, 9.17) is 9.47 Å². The van der Waals surface area contributed by atoms with Crippen molar-refractivity contribution in [2.45, 2.75) is 12.5 Å². The molecule has 0 radical (unpaired) electrons. The molecule has 0 bridgehead atoms. The Hall–Kier alpha value is -1.04. The second kappa shape index (κ2) is 6.41. The summed E-state index contributed by atoms with van der Waals surface area (Å²) in [6.45, 7) is 0. The lowest BCUT2D eigenvalue weighted by Gasteiger charge is -2.15. The van der Waals surface area contributed by atoms with E-state index in [1.807, 2.05) is 23.6 Å². The molecule has 3 nitrogen and oxygen atoms in total. The molecular formula is C14H15BrO3S. The maximum atomic E-state index is 10.3. The fraction of sp³-hybridized carbons (Fsp3) is 0.286. The Morgan fingerprint density at radius 1 is 1.26 bits per heavy atom. The van der Waals surface area contributed by atoms with E-state index < -0.39 is 6.10 Å². The molecule has 0 aliphatic heterocycles. The molecule has 1 heterocycles. The minimum atomic E-state index is -0.591. The summed E-state index contributed by atoms with van der Waals surface area (Å²) < 4.78 is 11.5. The Morgan fingerprint density at radius 3 is 2.63 bits per heavy atom. The fourth-order valence-electron chi connectivity index (χ4n) is 1.86. The molecule has 102 valence electrons. The summed E-state index contributed by atoms with van der Waals surface area (Å²) in [7, 11) is 3.20. The predicted molar refractivity (Wildman–Crippen MR) is 80.2 cm³/mol. The first-order valence-corrected chi connectivity index (χ1v) is 7.44. The zero-order valence-electron chi connectivity index (χ0n) is 10.7. The monoisotopic (exact) mass is 342 g/mol. The van der Waals surface area contributed by atoms with E-state index in [1.54, 1.807) is 31.6 Å². The van der Waals surface area contributed by atoms with Crippen LogP contribution in [0.4, 0.5) is 0 Å². The molecule has 0 saturated heterocycles. The third kappa shape index (κ3) is 3.49. The normalized spacial score (nSPS) is 12.2. The highest BCUT2D eigenvalue weighted by atomic mass is 79.9. The molecule has 0 saturated carbocycles. The van der Waals surface area contributed by atoms with E-state index in [9.17, 15) is 5.11 Å². The number of hydrogen-bond acceptors (Lipinski definition) is 4. The van der Waals surface area contributed by atoms with Crippen LogP contribution in [0.5, 0.6) is 11.5 Å². The molecule has 5 heteroatoms. The summed E-state index contributed by atoms with van der Waals surface area (Å²) in [6.07, 6.45) is -0.0229. The highest BCUT2D eigenvalue weighted by Gasteiger charge is 2.15. The van der Waals surface area contributed by atoms with Crippen LogP contribution in [0.25, 0.3) is 0 Å². The van der Waals surface area contributed by atoms with Gasteiger partial charge < -0.3 is 14.6 Å². The summed E-state index contributed by atoms with van der Waals surface area (Å²) >= 11 is 5.03. The number of ether oxygens (including phenoxy) is 2. The van der Waals surface area contributed by atoms with Gasteiger partial charge in [-0.25, -0.2) is 0 Å². The van der Waals surface area contributed by atoms with Crippen LogP contribution in [0.1, 0.15) is 16.5 Å². The molecule has 1 N–H and O–H groups in total. The van der Waals surface area contributed by atoms with Gasteiger partial charge in [-0.2, -0.15) is 0 Å². The number of rotatable bonds is 5. The van der Waals surface area contributed by atoms with Gasteiger partial charge in [-0.3, -0.25) is 0 Å². The Labute approximate surface area is 124 Å². The van der Waals surface area contributed by atoms with Crippen LogP contribution in [0.15, 0.2) is 34.1 Å². The van der Waals surface area contributed by atoms with Crippen molar-refractivity contribution < 1.29 is 14.6 Å². The third-order valence-electron chi connectivity index (χ3n) is 2.82. The largest absolute Gasteiger partial charge is 0.497 e. The number of aliphatic hydroxyl groups excluding tert-OH is 1. The van der Waals surface area contributed by atoms with Gasteiger partial charge in [-0.15, -0.1) is 11.3 Å². The molecule has 0 spiro atoms. The quantitative estimate of drug-likeness (QED) is 0.897. The third-order valence-corrected chi connectivity index (χ3v) is 4.54. The van der Waals surface area contributed by atoms with Crippen molar-refractivity contribution in [3.05, 3.63) is 44.6 Å². The first-order chi connectivity index (χ1) is 9.13. The summed E-state index contributed by atoms with van der Waals surface area (Å²) in [5.74, 6) is 1.36. The summed E-state index contributed by atoms with van der Waals surface area (Å²) in [5, 5.41) is 12.3. The maximum absolute atomic E-state index is 10.3. The Kier molecular flexibility index (Phi) is 4.85. The molecule has 2 rings (SSSR count). The van der Waals surface area contributed by atoms with Crippen LogP contribution < -0.4 is 9.47 Å². The van der Waals surface area contributed by atoms with Crippen LogP contribution in [0, 0.1) is 0 Å². The van der Waals surface area contributed by atoms with E-state index in [0.717, 1.165) is 14.9 Å². The number of hydrogen-bond donors (Lipinski definition) is 1. The molecule has 0 aliphatic carbocycles. The summed E-state index contributed by atoms with van der Waals surface area (Å²) in [6, 6.07) is 7.46. The van der Waals surface area contributed by atoms with E-state index >= 15 is 0 Å². The van der Waals surface area contributed by atoms with E-state index in [1.165, 1.54) is 0 Å². The van der Waals surface area contributed by atoms with Crippen LogP contribution in [-0.4, -0.2) is 19.3 Å². The molecular weight excluding hydrogens is 328 g/mol. The van der Waals surface area contributed by atoms with Crippen LogP contribution in [0.2, 0.25) is 0 Å². The minimum absolute atomic E-state index is 0.568. The first kappa shape index (κ1) is 14.4. The van der Waals surface area contributed by atoms with Gasteiger partial charge in [-0.05, 0) is 34.1 Å². The average molecular weight is 343 g/mol. The van der Waals surface area contributed by atoms with Crippen molar-refractivity contribution in [2.75, 3.05) is 14.2 Å². The zero-order chi connectivity index (χ0) is 13.8. The highest BCUT2D eigenvalue weighted by Crippen LogP contribution is 2.32. The number of benzene rings is 1. The van der Waals surface area contributed by atoms with Crippen molar-refractivity contribution in [3.63, 3.8) is 0 Å². The number of thiophene rings is 1. The van der Waals surface area contributed by atoms with E-state index in [-0.39, 0.29) is 0 Å². The lowest BCUT2D eigenvalue weighted by Crippen LogP contribution is -2.03. The van der Waals surface area contributed by atoms with Crippen molar-refractivity contribution in [1.29, 1.82) is 0 Å². The zero-order valence-corrected chi connectivity index (χ0v) is 13.1. The molecule has 2 aromatic rings. The average Bonchev–Trinajstić information content (AvgIpc) is 2.83. The maximum Gasteiger partial charge on any atom is 0.128 e. The van der Waals surface area contributed by atoms with Crippen LogP contribution in [0.3, 0.4) is 0 Å². The molecule has 19 heavy (non-hydrogen) atoms. The molecule has 1 aromatic carbocycles. The van der Waals surface area contributed by atoms with Crippen molar-refractivity contribution in [2.24, 2.45) is 0 Å². The summed E-state index contributed by atoms with van der Waals surface area (Å²) in [5.41, 5.74) is 0.771. The van der Waals surface area contributed by atoms with Gasteiger partial charge >= 0.3 is 0 Å². The van der Waals surface area contributed by atoms with E-state index in [0.29, 0.717) is 17.9 Å². The van der Waals surface area contributed by atoms with Crippen molar-refractivity contribution >= 4 is 27.3 Å². The second-order valence-corrected chi connectivity index (χ2v) is 5.97. The second-order valence-electron chi connectivity index (χ2n) is 4.06. The SMILES string of the molecule is COc1ccc(C(O)Cc2cc(Br)cs2)c(OC)c1. The fourth-order valence-corrected chi connectivity index (χ4v) is 3.34. The summed E-state index contributed by atoms with van der Waals surface area (Å²) in [4.78, 5) is 1.12. The Morgan fingerprint density at radius 2 is 2.05 bits per heavy atom. The van der Waals surface area contributed by atoms with Crippen LogP contribution in [-0.2, 0) is 6.42 Å². The number of halogens is 1. The molecule has 0 aliphatic rings. The number of methoxy groups -OCH3 is 2. The van der Waals surface area contributed by atoms with Gasteiger partial charge in [0, 0.05) is 32.8 Å². The standard InChI is InChI=1S/C14H15BrO3S/c1-17-10-3-4-12(14(6-10)18-2)13(16)7-11-5-9(15)8-19-11/h3-6,8,13,16H,7H2,1-2H3. The molecule has 1 unspecified atom stereocenters. The molecule has 1 atom stereocenters. The lowest BCUT2D eigenvalue weighted by molar-refractivity contribution is 0.175. The van der Waals surface area contributed by atoms with Crippen molar-refractivity contribution in [1.82, 2.24) is 0 Å². The van der Waals surface area contributed by atoms with Crippen molar-refractivity contribution in [3.8, 4) is 11.5 Å². The first-order valence-electron chi connectivity index (χ1n) is 5.77. The smallest absolute Gasteiger partial charge is 0.128 e. The predicted octanol–water partition coefficient (Wildman–Crippen LogP) is 3.80. The lowest BCUT2D eigenvalue weighted by atomic mass is 10.0. The Bertz CT molecular complexity index is 553. The minimum Gasteiger partial charge on any atom is -0.497 e. The van der Waals surface area contributed by atoms with Gasteiger partial charge in [0.1, 0.15) is 11.5 Å². The van der Waals surface area contributed by atoms with Gasteiger partial charge in [0.15, 0.2) is 0 Å². The molecule has 0 amide bonds. The molecule has 1 aromatic heterocycles. The van der Waals surface area contributed by atoms with Crippen LogP contribution >= 0.6 is 27.3 Å². The van der Waals surface area contributed by atoms with Gasteiger partial charge in [-0.1, -0.05) is 0 Å². The van der Waals surface area contributed by atoms with E-state index in [2.05, 4.69) is 15.9 Å². The van der Waals surface area contributed by atoms with Gasteiger partial charge in [0.05, 0.1) is 20.3 Å².